The van der Waals surface area contributed by atoms with Gasteiger partial charge in [0.1, 0.15) is 6.10 Å². The predicted octanol–water partition coefficient (Wildman–Crippen LogP) is 1.73. The fraction of sp³-hybridized carbons (Fsp3) is 0.667. The van der Waals surface area contributed by atoms with Crippen molar-refractivity contribution in [3.05, 3.63) is 16.1 Å². The van der Waals surface area contributed by atoms with Gasteiger partial charge in [0.2, 0.25) is 0 Å². The Morgan fingerprint density at radius 2 is 2.27 bits per heavy atom. The molecule has 2 atom stereocenters. The van der Waals surface area contributed by atoms with Gasteiger partial charge in [0.15, 0.2) is 0 Å². The van der Waals surface area contributed by atoms with Gasteiger partial charge in [-0.05, 0) is 13.8 Å². The number of halogens is 2. The van der Waals surface area contributed by atoms with Gasteiger partial charge >= 0.3 is 0 Å². The molecule has 0 aliphatic heterocycles. The van der Waals surface area contributed by atoms with E-state index < -0.39 is 12.5 Å². The molecule has 15 heavy (non-hydrogen) atoms. The van der Waals surface area contributed by atoms with Crippen LogP contribution in [-0.4, -0.2) is 29.2 Å². The van der Waals surface area contributed by atoms with Gasteiger partial charge in [0, 0.05) is 17.5 Å². The summed E-state index contributed by atoms with van der Waals surface area (Å²) in [4.78, 5) is 5.08. The van der Waals surface area contributed by atoms with Crippen molar-refractivity contribution in [2.75, 3.05) is 6.54 Å². The molecule has 3 nitrogen and oxygen atoms in total. The monoisotopic (exact) mass is 236 g/mol. The Bertz CT molecular complexity index is 306. The van der Waals surface area contributed by atoms with Gasteiger partial charge in [-0.25, -0.2) is 13.8 Å². The number of aliphatic hydroxyl groups excluding tert-OH is 1. The maximum atomic E-state index is 12.0. The second kappa shape index (κ2) is 5.48. The summed E-state index contributed by atoms with van der Waals surface area (Å²) in [5.41, 5.74) is 2.61. The number of rotatable bonds is 5. The average molecular weight is 236 g/mol. The lowest BCUT2D eigenvalue weighted by atomic mass is 10.2. The molecule has 0 aliphatic rings. The minimum atomic E-state index is -2.70. The summed E-state index contributed by atoms with van der Waals surface area (Å²) in [6.45, 7) is 3.61. The van der Waals surface area contributed by atoms with E-state index in [2.05, 4.69) is 10.3 Å². The Balaban J connectivity index is 2.43. The number of hydrogen-bond donors (Lipinski definition) is 2. The molecule has 2 N–H and O–H groups in total. The molecule has 0 radical (unpaired) electrons. The van der Waals surface area contributed by atoms with Gasteiger partial charge in [-0.1, -0.05) is 0 Å². The van der Waals surface area contributed by atoms with Crippen LogP contribution in [0.15, 0.2) is 5.51 Å². The standard InChI is InChI=1S/C9H14F2N2OS/c1-5(8-6(2)13-4-15-8)12-3-7(14)9(10)11/h4-5,7,9,12,14H,3H2,1-2H3. The Labute approximate surface area is 91.2 Å². The fourth-order valence-electron chi connectivity index (χ4n) is 1.21. The first kappa shape index (κ1) is 12.5. The van der Waals surface area contributed by atoms with Gasteiger partial charge in [-0.15, -0.1) is 11.3 Å². The van der Waals surface area contributed by atoms with Crippen molar-refractivity contribution in [2.24, 2.45) is 0 Å². The summed E-state index contributed by atoms with van der Waals surface area (Å²) in [6, 6.07) is -0.0640. The molecule has 0 saturated carbocycles. The van der Waals surface area contributed by atoms with E-state index in [1.54, 1.807) is 5.51 Å². The van der Waals surface area contributed by atoms with Crippen molar-refractivity contribution in [3.63, 3.8) is 0 Å². The second-order valence-electron chi connectivity index (χ2n) is 3.33. The third kappa shape index (κ3) is 3.48. The van der Waals surface area contributed by atoms with Crippen LogP contribution in [0.5, 0.6) is 0 Å². The number of aliphatic hydroxyl groups is 1. The summed E-state index contributed by atoms with van der Waals surface area (Å²) in [7, 11) is 0. The first-order valence-electron chi connectivity index (χ1n) is 4.62. The maximum absolute atomic E-state index is 12.0. The third-order valence-corrected chi connectivity index (χ3v) is 3.21. The molecule has 0 amide bonds. The lowest BCUT2D eigenvalue weighted by Gasteiger charge is -2.15. The van der Waals surface area contributed by atoms with Gasteiger partial charge in [-0.3, -0.25) is 0 Å². The largest absolute Gasteiger partial charge is 0.386 e. The highest BCUT2D eigenvalue weighted by molar-refractivity contribution is 7.09. The minimum absolute atomic E-state index is 0.0640. The van der Waals surface area contributed by atoms with Crippen LogP contribution in [0.3, 0.4) is 0 Å². The zero-order valence-corrected chi connectivity index (χ0v) is 9.39. The molecule has 1 aromatic heterocycles. The fourth-order valence-corrected chi connectivity index (χ4v) is 2.04. The highest BCUT2D eigenvalue weighted by atomic mass is 32.1. The van der Waals surface area contributed by atoms with Crippen LogP contribution in [0, 0.1) is 6.92 Å². The predicted molar refractivity (Wildman–Crippen MR) is 55.3 cm³/mol. The van der Waals surface area contributed by atoms with Crippen LogP contribution in [0.4, 0.5) is 8.78 Å². The van der Waals surface area contributed by atoms with E-state index in [0.29, 0.717) is 0 Å². The molecule has 0 aromatic carbocycles. The van der Waals surface area contributed by atoms with Crippen LogP contribution < -0.4 is 5.32 Å². The SMILES string of the molecule is Cc1ncsc1C(C)NCC(O)C(F)F. The van der Waals surface area contributed by atoms with E-state index in [4.69, 9.17) is 5.11 Å². The first-order chi connectivity index (χ1) is 7.02. The molecule has 0 fully saturated rings. The van der Waals surface area contributed by atoms with Crippen LogP contribution in [0.25, 0.3) is 0 Å². The highest BCUT2D eigenvalue weighted by Gasteiger charge is 2.18. The van der Waals surface area contributed by atoms with Gasteiger partial charge < -0.3 is 10.4 Å². The van der Waals surface area contributed by atoms with Crippen molar-refractivity contribution < 1.29 is 13.9 Å². The summed E-state index contributed by atoms with van der Waals surface area (Å²) in [5, 5.41) is 11.8. The molecule has 0 bridgehead atoms. The average Bonchev–Trinajstić information content (AvgIpc) is 2.60. The number of hydrogen-bond acceptors (Lipinski definition) is 4. The summed E-state index contributed by atoms with van der Waals surface area (Å²) < 4.78 is 24.0. The smallest absolute Gasteiger partial charge is 0.265 e. The molecule has 1 heterocycles. The van der Waals surface area contributed by atoms with E-state index in [0.717, 1.165) is 10.6 Å². The number of alkyl halides is 2. The van der Waals surface area contributed by atoms with Crippen molar-refractivity contribution in [1.29, 1.82) is 0 Å². The molecule has 1 rings (SSSR count). The van der Waals surface area contributed by atoms with Crippen molar-refractivity contribution in [3.8, 4) is 0 Å². The van der Waals surface area contributed by atoms with Gasteiger partial charge in [-0.2, -0.15) is 0 Å². The number of aromatic nitrogens is 1. The maximum Gasteiger partial charge on any atom is 0.265 e. The Kier molecular flexibility index (Phi) is 4.56. The van der Waals surface area contributed by atoms with E-state index in [1.165, 1.54) is 11.3 Å². The number of nitrogens with one attached hydrogen (secondary N) is 1. The number of thiazole rings is 1. The van der Waals surface area contributed by atoms with E-state index in [9.17, 15) is 8.78 Å². The van der Waals surface area contributed by atoms with Crippen LogP contribution in [-0.2, 0) is 0 Å². The number of nitrogens with zero attached hydrogens (tertiary/aromatic N) is 1. The lowest BCUT2D eigenvalue weighted by molar-refractivity contribution is -0.00435. The van der Waals surface area contributed by atoms with Crippen LogP contribution in [0.1, 0.15) is 23.5 Å². The highest BCUT2D eigenvalue weighted by Crippen LogP contribution is 2.20. The molecular weight excluding hydrogens is 222 g/mol. The van der Waals surface area contributed by atoms with Crippen LogP contribution >= 0.6 is 11.3 Å². The minimum Gasteiger partial charge on any atom is -0.386 e. The summed E-state index contributed by atoms with van der Waals surface area (Å²) >= 11 is 1.47. The topological polar surface area (TPSA) is 45.2 Å². The van der Waals surface area contributed by atoms with E-state index in [-0.39, 0.29) is 12.6 Å². The summed E-state index contributed by atoms with van der Waals surface area (Å²) in [6.07, 6.45) is -4.31. The molecule has 1 aromatic rings. The number of aryl methyl sites for hydroxylation is 1. The normalized spacial score (nSPS) is 15.6. The van der Waals surface area contributed by atoms with Crippen molar-refractivity contribution in [2.45, 2.75) is 32.4 Å². The van der Waals surface area contributed by atoms with Gasteiger partial charge in [0.05, 0.1) is 11.2 Å². The third-order valence-electron chi connectivity index (χ3n) is 2.10. The zero-order chi connectivity index (χ0) is 11.4. The quantitative estimate of drug-likeness (QED) is 0.818. The molecule has 0 aliphatic carbocycles. The van der Waals surface area contributed by atoms with E-state index in [1.807, 2.05) is 13.8 Å². The van der Waals surface area contributed by atoms with E-state index >= 15 is 0 Å². The Morgan fingerprint density at radius 1 is 1.60 bits per heavy atom. The van der Waals surface area contributed by atoms with Gasteiger partial charge in [0.25, 0.3) is 6.43 Å². The molecule has 86 valence electrons. The Morgan fingerprint density at radius 3 is 2.73 bits per heavy atom. The zero-order valence-electron chi connectivity index (χ0n) is 8.58. The van der Waals surface area contributed by atoms with Crippen molar-refractivity contribution in [1.82, 2.24) is 10.3 Å². The second-order valence-corrected chi connectivity index (χ2v) is 4.22. The molecule has 0 saturated heterocycles. The summed E-state index contributed by atoms with van der Waals surface area (Å²) in [5.74, 6) is 0. The Hall–Kier alpha value is -0.590. The first-order valence-corrected chi connectivity index (χ1v) is 5.50. The van der Waals surface area contributed by atoms with Crippen LogP contribution in [0.2, 0.25) is 0 Å². The lowest BCUT2D eigenvalue weighted by Crippen LogP contribution is -2.33. The molecular formula is C9H14F2N2OS. The molecule has 0 spiro atoms. The molecule has 2 unspecified atom stereocenters. The van der Waals surface area contributed by atoms with Crippen molar-refractivity contribution >= 4 is 11.3 Å². The molecule has 6 heteroatoms.